The molecule has 0 atom stereocenters. The largest absolute Gasteiger partial charge is 0.192 e. The first-order chi connectivity index (χ1) is 8.33. The first kappa shape index (κ1) is 11.9. The van der Waals surface area contributed by atoms with Gasteiger partial charge in [-0.15, -0.1) is 0 Å². The highest BCUT2D eigenvalue weighted by Crippen LogP contribution is 2.35. The van der Waals surface area contributed by atoms with E-state index in [9.17, 15) is 0 Å². The summed E-state index contributed by atoms with van der Waals surface area (Å²) in [7, 11) is 0. The van der Waals surface area contributed by atoms with Crippen LogP contribution in [0.3, 0.4) is 0 Å². The number of nitriles is 1. The van der Waals surface area contributed by atoms with Gasteiger partial charge in [0.2, 0.25) is 0 Å². The lowest BCUT2D eigenvalue weighted by Gasteiger charge is -2.26. The molecule has 1 aliphatic carbocycles. The van der Waals surface area contributed by atoms with E-state index in [0.29, 0.717) is 0 Å². The average molecular weight is 224 g/mol. The highest BCUT2D eigenvalue weighted by molar-refractivity contribution is 5.38. The number of hydrogen-bond donors (Lipinski definition) is 0. The van der Waals surface area contributed by atoms with Crippen LogP contribution in [-0.2, 0) is 0 Å². The normalized spacial score (nSPS) is 18.4. The summed E-state index contributed by atoms with van der Waals surface area (Å²) in [6.07, 6.45) is 9.41. The van der Waals surface area contributed by atoms with Crippen molar-refractivity contribution in [2.75, 3.05) is 0 Å². The maximum absolute atomic E-state index is 8.77. The predicted octanol–water partition coefficient (Wildman–Crippen LogP) is 4.25. The lowest BCUT2D eigenvalue weighted by Crippen LogP contribution is -2.12. The van der Waals surface area contributed by atoms with Crippen molar-refractivity contribution in [2.24, 2.45) is 5.92 Å². The van der Waals surface area contributed by atoms with E-state index >= 15 is 0 Å². The molecule has 1 saturated carbocycles. The van der Waals surface area contributed by atoms with E-state index in [2.05, 4.69) is 37.3 Å². The van der Waals surface area contributed by atoms with E-state index < -0.39 is 0 Å². The molecule has 0 saturated heterocycles. The summed E-state index contributed by atoms with van der Waals surface area (Å²) >= 11 is 0. The molecular weight excluding hydrogens is 206 g/mol. The van der Waals surface area contributed by atoms with Crippen LogP contribution in [0.2, 0.25) is 0 Å². The topological polar surface area (TPSA) is 23.8 Å². The minimum absolute atomic E-state index is 0.747. The average Bonchev–Trinajstić information content (AvgIpc) is 2.40. The highest BCUT2D eigenvalue weighted by atomic mass is 14.3. The van der Waals surface area contributed by atoms with Gasteiger partial charge in [0.05, 0.1) is 11.6 Å². The van der Waals surface area contributed by atoms with Crippen LogP contribution in [0.1, 0.15) is 43.7 Å². The Bertz CT molecular complexity index is 414. The lowest BCUT2D eigenvalue weighted by molar-refractivity contribution is 0.455. The molecule has 0 aliphatic heterocycles. The standard InChI is InChI=1S/C16H18N/c1-2-3-13-4-8-15(9-5-13)16-10-6-14(12-17)7-11-16/h2-3,6-7,10-11,13H,4-5,8-9H2,1H3/b3-2+. The van der Waals surface area contributed by atoms with Crippen molar-refractivity contribution in [3.05, 3.63) is 53.5 Å². The zero-order chi connectivity index (χ0) is 12.1. The molecule has 1 radical (unpaired) electrons. The first-order valence-electron chi connectivity index (χ1n) is 6.31. The molecule has 87 valence electrons. The summed E-state index contributed by atoms with van der Waals surface area (Å²) in [6, 6.07) is 10.2. The second-order valence-corrected chi connectivity index (χ2v) is 4.66. The fourth-order valence-corrected chi connectivity index (χ4v) is 2.52. The van der Waals surface area contributed by atoms with Crippen molar-refractivity contribution in [2.45, 2.75) is 32.6 Å². The molecule has 1 aromatic carbocycles. The van der Waals surface area contributed by atoms with Gasteiger partial charge in [-0.25, -0.2) is 0 Å². The third kappa shape index (κ3) is 2.97. The van der Waals surface area contributed by atoms with E-state index in [1.165, 1.54) is 31.2 Å². The molecule has 0 bridgehead atoms. The van der Waals surface area contributed by atoms with Crippen LogP contribution < -0.4 is 0 Å². The Morgan fingerprint density at radius 1 is 1.18 bits per heavy atom. The van der Waals surface area contributed by atoms with Gasteiger partial charge < -0.3 is 0 Å². The molecule has 0 N–H and O–H groups in total. The first-order valence-corrected chi connectivity index (χ1v) is 6.31. The maximum Gasteiger partial charge on any atom is 0.0991 e. The van der Waals surface area contributed by atoms with Crippen LogP contribution in [0.15, 0.2) is 36.4 Å². The number of nitrogens with zero attached hydrogens (tertiary/aromatic N) is 1. The van der Waals surface area contributed by atoms with Gasteiger partial charge in [-0.2, -0.15) is 5.26 Å². The molecule has 0 heterocycles. The molecule has 0 aromatic heterocycles. The van der Waals surface area contributed by atoms with Crippen molar-refractivity contribution >= 4 is 0 Å². The summed E-state index contributed by atoms with van der Waals surface area (Å²) in [5.41, 5.74) is 2.07. The van der Waals surface area contributed by atoms with E-state index in [0.717, 1.165) is 11.5 Å². The summed E-state index contributed by atoms with van der Waals surface area (Å²) in [5, 5.41) is 8.77. The molecule has 0 spiro atoms. The van der Waals surface area contributed by atoms with Gasteiger partial charge in [-0.3, -0.25) is 0 Å². The Kier molecular flexibility index (Phi) is 3.98. The second-order valence-electron chi connectivity index (χ2n) is 4.66. The Labute approximate surface area is 104 Å². The van der Waals surface area contributed by atoms with E-state index in [1.807, 2.05) is 12.1 Å². The monoisotopic (exact) mass is 224 g/mol. The molecule has 2 rings (SSSR count). The Morgan fingerprint density at radius 2 is 1.82 bits per heavy atom. The van der Waals surface area contributed by atoms with Crippen LogP contribution >= 0.6 is 0 Å². The van der Waals surface area contributed by atoms with Gasteiger partial charge in [0, 0.05) is 5.92 Å². The maximum atomic E-state index is 8.77. The smallest absolute Gasteiger partial charge is 0.0991 e. The molecule has 1 nitrogen and oxygen atoms in total. The van der Waals surface area contributed by atoms with Crippen LogP contribution in [0.4, 0.5) is 0 Å². The zero-order valence-electron chi connectivity index (χ0n) is 10.3. The lowest BCUT2D eigenvalue weighted by atomic mass is 9.78. The van der Waals surface area contributed by atoms with Crippen LogP contribution in [0.5, 0.6) is 0 Å². The number of benzene rings is 1. The minimum atomic E-state index is 0.747. The fraction of sp³-hybridized carbons (Fsp3) is 0.375. The van der Waals surface area contributed by atoms with Gasteiger partial charge in [0.1, 0.15) is 0 Å². The molecule has 1 aromatic rings. The van der Waals surface area contributed by atoms with Gasteiger partial charge in [0.15, 0.2) is 0 Å². The molecule has 1 fully saturated rings. The van der Waals surface area contributed by atoms with Gasteiger partial charge in [0.25, 0.3) is 0 Å². The van der Waals surface area contributed by atoms with Gasteiger partial charge in [-0.05, 0) is 56.2 Å². The van der Waals surface area contributed by atoms with E-state index in [4.69, 9.17) is 5.26 Å². The Morgan fingerprint density at radius 3 is 2.35 bits per heavy atom. The van der Waals surface area contributed by atoms with Gasteiger partial charge in [-0.1, -0.05) is 24.3 Å². The van der Waals surface area contributed by atoms with Crippen LogP contribution in [0, 0.1) is 23.2 Å². The third-order valence-corrected chi connectivity index (χ3v) is 3.52. The minimum Gasteiger partial charge on any atom is -0.192 e. The Hall–Kier alpha value is -1.55. The summed E-state index contributed by atoms with van der Waals surface area (Å²) < 4.78 is 0. The predicted molar refractivity (Wildman–Crippen MR) is 70.3 cm³/mol. The Balaban J connectivity index is 1.98. The third-order valence-electron chi connectivity index (χ3n) is 3.52. The van der Waals surface area contributed by atoms with Crippen molar-refractivity contribution < 1.29 is 0 Å². The van der Waals surface area contributed by atoms with Crippen molar-refractivity contribution in [1.29, 1.82) is 5.26 Å². The summed E-state index contributed by atoms with van der Waals surface area (Å²) in [5.74, 6) is 2.32. The zero-order valence-corrected chi connectivity index (χ0v) is 10.3. The number of hydrogen-bond acceptors (Lipinski definition) is 1. The molecule has 17 heavy (non-hydrogen) atoms. The highest BCUT2D eigenvalue weighted by Gasteiger charge is 2.20. The van der Waals surface area contributed by atoms with E-state index in [-0.39, 0.29) is 0 Å². The van der Waals surface area contributed by atoms with Crippen molar-refractivity contribution in [3.8, 4) is 6.07 Å². The number of allylic oxidation sites excluding steroid dienone is 2. The second kappa shape index (κ2) is 5.68. The van der Waals surface area contributed by atoms with E-state index in [1.54, 1.807) is 5.92 Å². The number of rotatable bonds is 2. The molecule has 0 amide bonds. The molecule has 1 aliphatic rings. The molecular formula is C16H18N. The molecule has 0 unspecified atom stereocenters. The van der Waals surface area contributed by atoms with Gasteiger partial charge >= 0.3 is 0 Å². The molecule has 1 heteroatoms. The van der Waals surface area contributed by atoms with Crippen LogP contribution in [0.25, 0.3) is 0 Å². The summed E-state index contributed by atoms with van der Waals surface area (Å²) in [4.78, 5) is 0. The fourth-order valence-electron chi connectivity index (χ4n) is 2.52. The quantitative estimate of drug-likeness (QED) is 0.689. The van der Waals surface area contributed by atoms with Crippen LogP contribution in [-0.4, -0.2) is 0 Å². The SMILES string of the molecule is C/C=C/C1CC[C](c2ccc(C#N)cc2)CC1. The van der Waals surface area contributed by atoms with Crippen molar-refractivity contribution in [1.82, 2.24) is 0 Å². The summed E-state index contributed by atoms with van der Waals surface area (Å²) in [6.45, 7) is 2.10. The van der Waals surface area contributed by atoms with Crippen molar-refractivity contribution in [3.63, 3.8) is 0 Å².